The minimum Gasteiger partial charge on any atom is -0.388 e. The van der Waals surface area contributed by atoms with Crippen LogP contribution in [-0.2, 0) is 18.9 Å². The van der Waals surface area contributed by atoms with Crippen molar-refractivity contribution in [2.75, 3.05) is 6.61 Å². The monoisotopic (exact) mass is 352 g/mol. The molecule has 9 heteroatoms. The largest absolute Gasteiger partial charge is 0.388 e. The summed E-state index contributed by atoms with van der Waals surface area (Å²) < 4.78 is 22.0. The predicted molar refractivity (Wildman–Crippen MR) is 79.8 cm³/mol. The minimum atomic E-state index is -1.52. The highest BCUT2D eigenvalue weighted by Gasteiger charge is 2.49. The van der Waals surface area contributed by atoms with Crippen molar-refractivity contribution in [3.63, 3.8) is 0 Å². The highest BCUT2D eigenvalue weighted by Crippen LogP contribution is 2.29. The van der Waals surface area contributed by atoms with Crippen LogP contribution in [-0.4, -0.2) is 93.6 Å². The summed E-state index contributed by atoms with van der Waals surface area (Å²) in [5, 5.41) is 49.9. The Balaban J connectivity index is 2.10. The first kappa shape index (κ1) is 20.0. The molecule has 142 valence electrons. The number of aliphatic hydroxyl groups is 5. The summed E-state index contributed by atoms with van der Waals surface area (Å²) in [5.41, 5.74) is 0. The first-order valence-electron chi connectivity index (χ1n) is 8.26. The Morgan fingerprint density at radius 3 is 1.88 bits per heavy atom. The molecule has 0 spiro atoms. The van der Waals surface area contributed by atoms with E-state index in [9.17, 15) is 25.5 Å². The fraction of sp³-hybridized carbons (Fsp3) is 1.00. The Morgan fingerprint density at radius 2 is 1.29 bits per heavy atom. The van der Waals surface area contributed by atoms with E-state index in [4.69, 9.17) is 18.9 Å². The Hall–Kier alpha value is -0.360. The van der Waals surface area contributed by atoms with Crippen LogP contribution < -0.4 is 0 Å². The third-order valence-electron chi connectivity index (χ3n) is 4.37. The van der Waals surface area contributed by atoms with Crippen LogP contribution in [0.1, 0.15) is 27.2 Å². The first-order chi connectivity index (χ1) is 11.3. The first-order valence-corrected chi connectivity index (χ1v) is 8.26. The molecule has 0 aromatic heterocycles. The molecule has 10 atom stereocenters. The summed E-state index contributed by atoms with van der Waals surface area (Å²) in [4.78, 5) is 0. The molecule has 0 saturated carbocycles. The zero-order valence-electron chi connectivity index (χ0n) is 14.1. The van der Waals surface area contributed by atoms with E-state index in [2.05, 4.69) is 0 Å². The van der Waals surface area contributed by atoms with E-state index in [0.717, 1.165) is 0 Å². The van der Waals surface area contributed by atoms with Crippen LogP contribution in [0, 0.1) is 0 Å². The average Bonchev–Trinajstić information content (AvgIpc) is 2.56. The van der Waals surface area contributed by atoms with Crippen LogP contribution in [0.5, 0.6) is 0 Å². The second-order valence-corrected chi connectivity index (χ2v) is 6.34. The van der Waals surface area contributed by atoms with Gasteiger partial charge in [0.15, 0.2) is 12.6 Å². The van der Waals surface area contributed by atoms with E-state index >= 15 is 0 Å². The van der Waals surface area contributed by atoms with Gasteiger partial charge in [0.05, 0.1) is 12.2 Å². The van der Waals surface area contributed by atoms with Gasteiger partial charge in [-0.2, -0.15) is 0 Å². The lowest BCUT2D eigenvalue weighted by Gasteiger charge is -2.45. The summed E-state index contributed by atoms with van der Waals surface area (Å²) >= 11 is 0. The third kappa shape index (κ3) is 4.06. The molecule has 2 heterocycles. The van der Waals surface area contributed by atoms with Crippen molar-refractivity contribution in [3.05, 3.63) is 0 Å². The smallest absolute Gasteiger partial charge is 0.187 e. The fourth-order valence-electron chi connectivity index (χ4n) is 2.80. The summed E-state index contributed by atoms with van der Waals surface area (Å²) in [7, 11) is 0. The molecule has 0 aromatic carbocycles. The molecule has 0 bridgehead atoms. The predicted octanol–water partition coefficient (Wildman–Crippen LogP) is -1.91. The molecule has 0 unspecified atom stereocenters. The second kappa shape index (κ2) is 8.35. The Kier molecular flexibility index (Phi) is 6.94. The number of aliphatic hydroxyl groups excluding tert-OH is 5. The van der Waals surface area contributed by atoms with Crippen LogP contribution in [0.4, 0.5) is 0 Å². The topological polar surface area (TPSA) is 138 Å². The maximum absolute atomic E-state index is 10.3. The van der Waals surface area contributed by atoms with Crippen LogP contribution >= 0.6 is 0 Å². The van der Waals surface area contributed by atoms with Crippen molar-refractivity contribution in [2.45, 2.75) is 88.6 Å². The Bertz CT molecular complexity index is 395. The van der Waals surface area contributed by atoms with Crippen LogP contribution in [0.25, 0.3) is 0 Å². The van der Waals surface area contributed by atoms with Gasteiger partial charge in [0.2, 0.25) is 0 Å². The van der Waals surface area contributed by atoms with Crippen molar-refractivity contribution in [1.82, 2.24) is 0 Å². The highest BCUT2D eigenvalue weighted by atomic mass is 16.8. The van der Waals surface area contributed by atoms with E-state index in [1.807, 2.05) is 6.92 Å². The minimum absolute atomic E-state index is 0.353. The van der Waals surface area contributed by atoms with Crippen molar-refractivity contribution in [2.24, 2.45) is 0 Å². The molecule has 0 aliphatic carbocycles. The van der Waals surface area contributed by atoms with Gasteiger partial charge in [-0.25, -0.2) is 0 Å². The number of rotatable bonds is 5. The lowest BCUT2D eigenvalue weighted by atomic mass is 9.98. The summed E-state index contributed by atoms with van der Waals surface area (Å²) in [6, 6.07) is 0. The molecular weight excluding hydrogens is 324 g/mol. The van der Waals surface area contributed by atoms with Gasteiger partial charge in [-0.05, 0) is 20.3 Å². The SMILES string of the molecule is CCCO[C@@H]1O[C@@H](C)[C@@H](O)[C@@H](O)[C@@H]1O[C@@H]1O[C@@H](C)[C@@H](O)[C@@H](O)[C@@H]1O. The van der Waals surface area contributed by atoms with E-state index in [1.165, 1.54) is 6.92 Å². The molecule has 24 heavy (non-hydrogen) atoms. The molecule has 2 fully saturated rings. The lowest BCUT2D eigenvalue weighted by Crippen LogP contribution is -2.63. The van der Waals surface area contributed by atoms with Crippen molar-refractivity contribution >= 4 is 0 Å². The third-order valence-corrected chi connectivity index (χ3v) is 4.37. The number of hydrogen-bond acceptors (Lipinski definition) is 9. The van der Waals surface area contributed by atoms with E-state index < -0.39 is 61.4 Å². The summed E-state index contributed by atoms with van der Waals surface area (Å²) in [6.07, 6.45) is -10.9. The van der Waals surface area contributed by atoms with Crippen molar-refractivity contribution < 1.29 is 44.5 Å². The number of hydrogen-bond donors (Lipinski definition) is 5. The maximum Gasteiger partial charge on any atom is 0.187 e. The molecule has 2 saturated heterocycles. The normalized spacial score (nSPS) is 50.0. The van der Waals surface area contributed by atoms with Gasteiger partial charge in [0.1, 0.15) is 36.6 Å². The fourth-order valence-corrected chi connectivity index (χ4v) is 2.80. The maximum atomic E-state index is 10.3. The van der Waals surface area contributed by atoms with Gasteiger partial charge < -0.3 is 44.5 Å². The lowest BCUT2D eigenvalue weighted by molar-refractivity contribution is -0.361. The van der Waals surface area contributed by atoms with Gasteiger partial charge in [0.25, 0.3) is 0 Å². The average molecular weight is 352 g/mol. The summed E-state index contributed by atoms with van der Waals surface area (Å²) in [5.74, 6) is 0. The van der Waals surface area contributed by atoms with E-state index in [1.54, 1.807) is 6.92 Å². The quantitative estimate of drug-likeness (QED) is 0.384. The number of ether oxygens (including phenoxy) is 4. The zero-order valence-corrected chi connectivity index (χ0v) is 14.1. The highest BCUT2D eigenvalue weighted by molar-refractivity contribution is 4.92. The zero-order chi connectivity index (χ0) is 18.0. The molecule has 2 aliphatic heterocycles. The van der Waals surface area contributed by atoms with Crippen LogP contribution in [0.15, 0.2) is 0 Å². The second-order valence-electron chi connectivity index (χ2n) is 6.34. The van der Waals surface area contributed by atoms with Crippen LogP contribution in [0.3, 0.4) is 0 Å². The molecule has 9 nitrogen and oxygen atoms in total. The van der Waals surface area contributed by atoms with Gasteiger partial charge >= 0.3 is 0 Å². The molecule has 0 aromatic rings. The van der Waals surface area contributed by atoms with Gasteiger partial charge in [0, 0.05) is 6.61 Å². The van der Waals surface area contributed by atoms with E-state index in [-0.39, 0.29) is 0 Å². The Morgan fingerprint density at radius 1 is 0.750 bits per heavy atom. The molecule has 2 rings (SSSR count). The standard InChI is InChI=1S/C15H28O9/c1-4-5-21-15-13(11(19)9(17)7(3)23-15)24-14-12(20)10(18)8(16)6(2)22-14/h6-20H,4-5H2,1-3H3/t6-,7-,8+,9+,10+,11+,12-,13-,14-,15+/m0/s1. The van der Waals surface area contributed by atoms with Crippen molar-refractivity contribution in [1.29, 1.82) is 0 Å². The van der Waals surface area contributed by atoms with E-state index in [0.29, 0.717) is 13.0 Å². The Labute approximate surface area is 140 Å². The van der Waals surface area contributed by atoms with Gasteiger partial charge in [-0.3, -0.25) is 0 Å². The molecule has 0 radical (unpaired) electrons. The van der Waals surface area contributed by atoms with Crippen molar-refractivity contribution in [3.8, 4) is 0 Å². The molecule has 0 amide bonds. The van der Waals surface area contributed by atoms with Gasteiger partial charge in [-0.1, -0.05) is 6.92 Å². The molecular formula is C15H28O9. The van der Waals surface area contributed by atoms with Crippen LogP contribution in [0.2, 0.25) is 0 Å². The summed E-state index contributed by atoms with van der Waals surface area (Å²) in [6.45, 7) is 5.37. The molecule has 5 N–H and O–H groups in total. The van der Waals surface area contributed by atoms with Gasteiger partial charge in [-0.15, -0.1) is 0 Å². The molecule has 2 aliphatic rings.